The van der Waals surface area contributed by atoms with Crippen LogP contribution in [0, 0.1) is 28.6 Å². The van der Waals surface area contributed by atoms with Gasteiger partial charge in [-0.25, -0.2) is 0 Å². The molecule has 0 radical (unpaired) electrons. The highest BCUT2D eigenvalue weighted by molar-refractivity contribution is 5.85. The van der Waals surface area contributed by atoms with Crippen molar-refractivity contribution in [2.75, 3.05) is 6.54 Å². The van der Waals surface area contributed by atoms with Crippen molar-refractivity contribution in [2.24, 2.45) is 28.6 Å². The van der Waals surface area contributed by atoms with E-state index in [0.717, 1.165) is 6.42 Å². The van der Waals surface area contributed by atoms with Crippen molar-refractivity contribution in [3.05, 3.63) is 0 Å². The van der Waals surface area contributed by atoms with Crippen molar-refractivity contribution in [1.29, 1.82) is 0 Å². The van der Waals surface area contributed by atoms with Gasteiger partial charge in [0.2, 0.25) is 5.91 Å². The van der Waals surface area contributed by atoms with Gasteiger partial charge in [0, 0.05) is 6.54 Å². The molecule has 2 atom stereocenters. The largest absolute Gasteiger partial charge is 0.481 e. The van der Waals surface area contributed by atoms with Crippen LogP contribution in [-0.2, 0) is 9.59 Å². The van der Waals surface area contributed by atoms with Gasteiger partial charge in [-0.1, -0.05) is 34.1 Å². The summed E-state index contributed by atoms with van der Waals surface area (Å²) < 4.78 is 0. The molecule has 2 fully saturated rings. The molecule has 108 valence electrons. The minimum atomic E-state index is -0.829. The van der Waals surface area contributed by atoms with Crippen LogP contribution in [0.4, 0.5) is 0 Å². The van der Waals surface area contributed by atoms with E-state index in [9.17, 15) is 9.59 Å². The van der Waals surface area contributed by atoms with Gasteiger partial charge in [0.1, 0.15) is 0 Å². The van der Waals surface area contributed by atoms with Gasteiger partial charge in [-0.15, -0.1) is 0 Å². The van der Waals surface area contributed by atoms with Crippen molar-refractivity contribution >= 4 is 11.9 Å². The summed E-state index contributed by atoms with van der Waals surface area (Å²) in [5.74, 6) is -1.23. The fourth-order valence-corrected chi connectivity index (χ4v) is 3.75. The average molecular weight is 267 g/mol. The summed E-state index contributed by atoms with van der Waals surface area (Å²) in [5, 5.41) is 12.1. The number of aliphatic carboxylic acids is 1. The van der Waals surface area contributed by atoms with E-state index in [4.69, 9.17) is 5.11 Å². The van der Waals surface area contributed by atoms with Gasteiger partial charge in [-0.05, 0) is 29.6 Å². The van der Waals surface area contributed by atoms with E-state index in [2.05, 4.69) is 33.0 Å². The molecule has 0 aromatic carbocycles. The first-order chi connectivity index (χ1) is 8.69. The summed E-state index contributed by atoms with van der Waals surface area (Å²) in [6, 6.07) is 0. The molecule has 2 aliphatic rings. The first-order valence-electron chi connectivity index (χ1n) is 7.20. The van der Waals surface area contributed by atoms with E-state index in [1.807, 2.05) is 0 Å². The first-order valence-corrected chi connectivity index (χ1v) is 7.20. The summed E-state index contributed by atoms with van der Waals surface area (Å²) >= 11 is 0. The second kappa shape index (κ2) is 4.50. The molecule has 0 heterocycles. The number of carbonyl (C=O) groups excluding carboxylic acids is 1. The Morgan fingerprint density at radius 2 is 1.63 bits per heavy atom. The highest BCUT2D eigenvalue weighted by Crippen LogP contribution is 2.67. The lowest BCUT2D eigenvalue weighted by Crippen LogP contribution is -2.36. The minimum Gasteiger partial charge on any atom is -0.481 e. The molecule has 4 nitrogen and oxygen atoms in total. The zero-order chi connectivity index (χ0) is 14.4. The topological polar surface area (TPSA) is 66.4 Å². The van der Waals surface area contributed by atoms with Crippen LogP contribution in [0.5, 0.6) is 0 Å². The van der Waals surface area contributed by atoms with E-state index in [1.54, 1.807) is 0 Å². The fraction of sp³-hybridized carbons (Fsp3) is 0.867. The lowest BCUT2D eigenvalue weighted by molar-refractivity contribution is -0.146. The van der Waals surface area contributed by atoms with Crippen LogP contribution in [0.1, 0.15) is 47.0 Å². The second-order valence-electron chi connectivity index (χ2n) is 7.22. The quantitative estimate of drug-likeness (QED) is 0.821. The van der Waals surface area contributed by atoms with E-state index in [1.165, 1.54) is 0 Å². The molecular weight excluding hydrogens is 242 g/mol. The Bertz CT molecular complexity index is 386. The maximum Gasteiger partial charge on any atom is 0.307 e. The maximum absolute atomic E-state index is 12.1. The molecule has 0 aliphatic heterocycles. The Morgan fingerprint density at radius 3 is 2.11 bits per heavy atom. The minimum absolute atomic E-state index is 0.0663. The molecule has 4 heteroatoms. The average Bonchev–Trinajstić information content (AvgIpc) is 2.72. The molecule has 2 N–H and O–H groups in total. The number of nitrogens with one attached hydrogen (secondary N) is 1. The zero-order valence-corrected chi connectivity index (χ0v) is 12.3. The molecule has 0 aromatic heterocycles. The van der Waals surface area contributed by atoms with Crippen molar-refractivity contribution < 1.29 is 14.7 Å². The Labute approximate surface area is 115 Å². The summed E-state index contributed by atoms with van der Waals surface area (Å²) in [7, 11) is 0. The molecule has 0 bridgehead atoms. The van der Waals surface area contributed by atoms with Gasteiger partial charge in [0.25, 0.3) is 0 Å². The van der Waals surface area contributed by atoms with Crippen LogP contribution in [-0.4, -0.2) is 23.5 Å². The summed E-state index contributed by atoms with van der Waals surface area (Å²) in [4.78, 5) is 23.2. The van der Waals surface area contributed by atoms with Crippen molar-refractivity contribution in [3.8, 4) is 0 Å². The molecular formula is C15H25NO3. The predicted molar refractivity (Wildman–Crippen MR) is 72.5 cm³/mol. The Kier molecular flexibility index (Phi) is 3.40. The molecule has 0 saturated heterocycles. The van der Waals surface area contributed by atoms with Crippen LogP contribution in [0.15, 0.2) is 0 Å². The molecule has 0 spiro atoms. The maximum atomic E-state index is 12.1. The standard InChI is InChI=1S/C15H25NO3/c1-14(2)11(15(14,3)4)8-16-12(17)9-6-5-7-10(9)13(18)19/h9-11H,5-8H2,1-4H3,(H,16,17)(H,18,19). The third-order valence-electron chi connectivity index (χ3n) is 5.97. The van der Waals surface area contributed by atoms with E-state index in [0.29, 0.717) is 25.3 Å². The van der Waals surface area contributed by atoms with Gasteiger partial charge in [0.05, 0.1) is 11.8 Å². The molecule has 2 rings (SSSR count). The fourth-order valence-electron chi connectivity index (χ4n) is 3.75. The Morgan fingerprint density at radius 1 is 1.11 bits per heavy atom. The molecule has 2 unspecified atom stereocenters. The van der Waals surface area contributed by atoms with Crippen molar-refractivity contribution in [2.45, 2.75) is 47.0 Å². The van der Waals surface area contributed by atoms with Crippen LogP contribution in [0.2, 0.25) is 0 Å². The third-order valence-corrected chi connectivity index (χ3v) is 5.97. The second-order valence-corrected chi connectivity index (χ2v) is 7.22. The molecule has 2 aliphatic carbocycles. The first kappa shape index (κ1) is 14.4. The van der Waals surface area contributed by atoms with Crippen LogP contribution >= 0.6 is 0 Å². The smallest absolute Gasteiger partial charge is 0.307 e. The Balaban J connectivity index is 1.88. The number of carbonyl (C=O) groups is 2. The number of hydrogen-bond donors (Lipinski definition) is 2. The highest BCUT2D eigenvalue weighted by Gasteiger charge is 2.64. The lowest BCUT2D eigenvalue weighted by atomic mass is 9.95. The number of rotatable bonds is 4. The van der Waals surface area contributed by atoms with Crippen LogP contribution in [0.3, 0.4) is 0 Å². The molecule has 2 saturated carbocycles. The Hall–Kier alpha value is -1.06. The van der Waals surface area contributed by atoms with Crippen LogP contribution in [0.25, 0.3) is 0 Å². The zero-order valence-electron chi connectivity index (χ0n) is 12.3. The molecule has 0 aromatic rings. The molecule has 19 heavy (non-hydrogen) atoms. The normalized spacial score (nSPS) is 32.0. The predicted octanol–water partition coefficient (Wildman–Crippen LogP) is 2.29. The van der Waals surface area contributed by atoms with Gasteiger partial charge < -0.3 is 10.4 Å². The van der Waals surface area contributed by atoms with E-state index in [-0.39, 0.29) is 22.7 Å². The number of hydrogen-bond acceptors (Lipinski definition) is 2. The number of carboxylic acids is 1. The molecule has 1 amide bonds. The van der Waals surface area contributed by atoms with Gasteiger partial charge in [-0.3, -0.25) is 9.59 Å². The van der Waals surface area contributed by atoms with Gasteiger partial charge in [-0.2, -0.15) is 0 Å². The van der Waals surface area contributed by atoms with Crippen molar-refractivity contribution in [1.82, 2.24) is 5.32 Å². The monoisotopic (exact) mass is 267 g/mol. The number of carboxylic acid groups (broad SMARTS) is 1. The SMILES string of the molecule is CC1(C)C(CNC(=O)C2CCCC2C(=O)O)C1(C)C. The van der Waals surface area contributed by atoms with Gasteiger partial charge in [0.15, 0.2) is 0 Å². The third kappa shape index (κ3) is 2.26. The van der Waals surface area contributed by atoms with E-state index >= 15 is 0 Å². The summed E-state index contributed by atoms with van der Waals surface area (Å²) in [6.45, 7) is 9.56. The summed E-state index contributed by atoms with van der Waals surface area (Å²) in [5.41, 5.74) is 0.504. The van der Waals surface area contributed by atoms with E-state index < -0.39 is 11.9 Å². The van der Waals surface area contributed by atoms with Crippen LogP contribution < -0.4 is 5.32 Å². The van der Waals surface area contributed by atoms with Crippen molar-refractivity contribution in [3.63, 3.8) is 0 Å². The highest BCUT2D eigenvalue weighted by atomic mass is 16.4. The summed E-state index contributed by atoms with van der Waals surface area (Å²) in [6.07, 6.45) is 2.18. The van der Waals surface area contributed by atoms with Gasteiger partial charge >= 0.3 is 5.97 Å². The lowest BCUT2D eigenvalue weighted by Gasteiger charge is -2.16. The number of amides is 1.